The van der Waals surface area contributed by atoms with E-state index in [0.717, 1.165) is 32.3 Å². The van der Waals surface area contributed by atoms with E-state index < -0.39 is 0 Å². The molecule has 1 fully saturated rings. The van der Waals surface area contributed by atoms with Crippen molar-refractivity contribution in [3.63, 3.8) is 0 Å². The number of hydrogen-bond acceptors (Lipinski definition) is 3. The van der Waals surface area contributed by atoms with E-state index in [-0.39, 0.29) is 18.3 Å². The molecule has 0 aromatic carbocycles. The number of rotatable bonds is 5. The van der Waals surface area contributed by atoms with E-state index >= 15 is 0 Å². The summed E-state index contributed by atoms with van der Waals surface area (Å²) in [5, 5.41) is 9.46. The Balaban J connectivity index is 2.15. The highest BCUT2D eigenvalue weighted by Crippen LogP contribution is 2.22. The molecular weight excluding hydrogens is 180 g/mol. The Labute approximate surface area is 86.4 Å². The molecule has 0 bridgehead atoms. The molecule has 0 aliphatic heterocycles. The predicted octanol–water partition coefficient (Wildman–Crippen LogP) is 1.73. The van der Waals surface area contributed by atoms with Crippen molar-refractivity contribution in [3.8, 4) is 0 Å². The van der Waals surface area contributed by atoms with Crippen molar-refractivity contribution in [2.45, 2.75) is 57.8 Å². The van der Waals surface area contributed by atoms with Gasteiger partial charge in [0.15, 0.2) is 0 Å². The summed E-state index contributed by atoms with van der Waals surface area (Å²) >= 11 is 0. The molecule has 1 saturated carbocycles. The molecule has 1 aliphatic rings. The average Bonchev–Trinajstić information content (AvgIpc) is 2.15. The molecule has 3 atom stereocenters. The van der Waals surface area contributed by atoms with E-state index in [1.165, 1.54) is 0 Å². The topological polar surface area (TPSA) is 38.7 Å². The Morgan fingerprint density at radius 1 is 1.43 bits per heavy atom. The summed E-state index contributed by atoms with van der Waals surface area (Å²) in [5.74, 6) is 0. The molecule has 1 N–H and O–H groups in total. The van der Waals surface area contributed by atoms with Crippen molar-refractivity contribution in [2.24, 2.45) is 0 Å². The van der Waals surface area contributed by atoms with Gasteiger partial charge in [0.25, 0.3) is 0 Å². The highest BCUT2D eigenvalue weighted by atomic mass is 16.5. The van der Waals surface area contributed by atoms with Gasteiger partial charge in [0, 0.05) is 6.61 Å². The lowest BCUT2D eigenvalue weighted by atomic mass is 9.95. The molecular formula is C11H22O3. The van der Waals surface area contributed by atoms with Crippen LogP contribution >= 0.6 is 0 Å². The molecule has 1 rings (SSSR count). The zero-order valence-electron chi connectivity index (χ0n) is 9.24. The molecule has 3 heteroatoms. The summed E-state index contributed by atoms with van der Waals surface area (Å²) in [6.07, 6.45) is 4.09. The molecule has 3 unspecified atom stereocenters. The van der Waals surface area contributed by atoms with Crippen LogP contribution in [0.25, 0.3) is 0 Å². The zero-order chi connectivity index (χ0) is 10.4. The van der Waals surface area contributed by atoms with E-state index in [0.29, 0.717) is 6.61 Å². The second kappa shape index (κ2) is 6.38. The molecule has 0 heterocycles. The number of hydrogen-bond donors (Lipinski definition) is 1. The summed E-state index contributed by atoms with van der Waals surface area (Å²) in [6, 6.07) is 0. The van der Waals surface area contributed by atoms with Gasteiger partial charge < -0.3 is 14.6 Å². The van der Waals surface area contributed by atoms with Crippen LogP contribution in [-0.4, -0.2) is 36.6 Å². The van der Waals surface area contributed by atoms with Crippen molar-refractivity contribution in [1.29, 1.82) is 0 Å². The molecule has 0 spiro atoms. The third kappa shape index (κ3) is 4.40. The lowest BCUT2D eigenvalue weighted by molar-refractivity contribution is -0.0763. The van der Waals surface area contributed by atoms with Crippen LogP contribution < -0.4 is 0 Å². The number of aliphatic hydroxyl groups is 1. The van der Waals surface area contributed by atoms with Crippen LogP contribution in [0, 0.1) is 0 Å². The van der Waals surface area contributed by atoms with Crippen LogP contribution in [0.2, 0.25) is 0 Å². The third-order valence-electron chi connectivity index (χ3n) is 2.58. The van der Waals surface area contributed by atoms with Crippen LogP contribution in [0.3, 0.4) is 0 Å². The highest BCUT2D eigenvalue weighted by molar-refractivity contribution is 4.73. The lowest BCUT2D eigenvalue weighted by Gasteiger charge is -2.28. The normalized spacial score (nSPS) is 30.2. The summed E-state index contributed by atoms with van der Waals surface area (Å²) in [5.41, 5.74) is 0. The molecule has 0 radical (unpaired) electrons. The average molecular weight is 202 g/mol. The van der Waals surface area contributed by atoms with Crippen LogP contribution in [0.4, 0.5) is 0 Å². The van der Waals surface area contributed by atoms with Gasteiger partial charge in [-0.25, -0.2) is 0 Å². The van der Waals surface area contributed by atoms with Crippen molar-refractivity contribution in [2.75, 3.05) is 13.2 Å². The maximum absolute atomic E-state index is 9.46. The fourth-order valence-electron chi connectivity index (χ4n) is 1.90. The van der Waals surface area contributed by atoms with Gasteiger partial charge >= 0.3 is 0 Å². The minimum absolute atomic E-state index is 0.144. The standard InChI is InChI=1S/C11H22O3/c1-3-13-8-9(2)14-11-6-4-5-10(12)7-11/h9-12H,3-8H2,1-2H3. The van der Waals surface area contributed by atoms with E-state index in [1.807, 2.05) is 13.8 Å². The van der Waals surface area contributed by atoms with E-state index in [1.54, 1.807) is 0 Å². The maximum Gasteiger partial charge on any atom is 0.0784 e. The van der Waals surface area contributed by atoms with Gasteiger partial charge in [-0.05, 0) is 39.5 Å². The Hall–Kier alpha value is -0.120. The second-order valence-corrected chi connectivity index (χ2v) is 4.05. The van der Waals surface area contributed by atoms with Gasteiger partial charge in [-0.2, -0.15) is 0 Å². The van der Waals surface area contributed by atoms with Crippen molar-refractivity contribution < 1.29 is 14.6 Å². The van der Waals surface area contributed by atoms with Gasteiger partial charge in [0.2, 0.25) is 0 Å². The summed E-state index contributed by atoms with van der Waals surface area (Å²) in [7, 11) is 0. The maximum atomic E-state index is 9.46. The predicted molar refractivity (Wildman–Crippen MR) is 55.3 cm³/mol. The minimum atomic E-state index is -0.159. The summed E-state index contributed by atoms with van der Waals surface area (Å²) < 4.78 is 11.1. The highest BCUT2D eigenvalue weighted by Gasteiger charge is 2.22. The van der Waals surface area contributed by atoms with E-state index in [9.17, 15) is 5.11 Å². The smallest absolute Gasteiger partial charge is 0.0784 e. The van der Waals surface area contributed by atoms with Gasteiger partial charge in [-0.3, -0.25) is 0 Å². The van der Waals surface area contributed by atoms with Gasteiger partial charge in [0.05, 0.1) is 24.9 Å². The summed E-state index contributed by atoms with van der Waals surface area (Å²) in [4.78, 5) is 0. The number of ether oxygens (including phenoxy) is 2. The SMILES string of the molecule is CCOCC(C)OC1CCCC(O)C1. The molecule has 0 aromatic rings. The van der Waals surface area contributed by atoms with E-state index in [4.69, 9.17) is 9.47 Å². The van der Waals surface area contributed by atoms with Crippen molar-refractivity contribution in [3.05, 3.63) is 0 Å². The first-order chi connectivity index (χ1) is 6.72. The molecule has 14 heavy (non-hydrogen) atoms. The fourth-order valence-corrected chi connectivity index (χ4v) is 1.90. The van der Waals surface area contributed by atoms with E-state index in [2.05, 4.69) is 0 Å². The monoisotopic (exact) mass is 202 g/mol. The van der Waals surface area contributed by atoms with Crippen LogP contribution in [-0.2, 0) is 9.47 Å². The second-order valence-electron chi connectivity index (χ2n) is 4.05. The first-order valence-electron chi connectivity index (χ1n) is 5.63. The summed E-state index contributed by atoms with van der Waals surface area (Å²) in [6.45, 7) is 5.40. The largest absolute Gasteiger partial charge is 0.393 e. The van der Waals surface area contributed by atoms with Crippen molar-refractivity contribution >= 4 is 0 Å². The lowest BCUT2D eigenvalue weighted by Crippen LogP contribution is -2.30. The molecule has 0 saturated heterocycles. The Morgan fingerprint density at radius 2 is 2.21 bits per heavy atom. The van der Waals surface area contributed by atoms with Crippen LogP contribution in [0.5, 0.6) is 0 Å². The molecule has 0 amide bonds. The molecule has 0 aromatic heterocycles. The van der Waals surface area contributed by atoms with Gasteiger partial charge in [0.1, 0.15) is 0 Å². The molecule has 84 valence electrons. The first-order valence-corrected chi connectivity index (χ1v) is 5.63. The van der Waals surface area contributed by atoms with Crippen LogP contribution in [0.15, 0.2) is 0 Å². The Morgan fingerprint density at radius 3 is 2.86 bits per heavy atom. The minimum Gasteiger partial charge on any atom is -0.393 e. The quantitative estimate of drug-likeness (QED) is 0.738. The fraction of sp³-hybridized carbons (Fsp3) is 1.00. The van der Waals surface area contributed by atoms with Gasteiger partial charge in [-0.15, -0.1) is 0 Å². The molecule has 1 aliphatic carbocycles. The zero-order valence-corrected chi connectivity index (χ0v) is 9.24. The van der Waals surface area contributed by atoms with Crippen LogP contribution in [0.1, 0.15) is 39.5 Å². The first kappa shape index (κ1) is 12.0. The Bertz CT molecular complexity index is 149. The third-order valence-corrected chi connectivity index (χ3v) is 2.58. The molecule has 3 nitrogen and oxygen atoms in total. The Kier molecular flexibility index (Phi) is 5.45. The van der Waals surface area contributed by atoms with Gasteiger partial charge in [-0.1, -0.05) is 0 Å². The van der Waals surface area contributed by atoms with Crippen molar-refractivity contribution in [1.82, 2.24) is 0 Å². The number of aliphatic hydroxyl groups excluding tert-OH is 1.